The predicted octanol–water partition coefficient (Wildman–Crippen LogP) is 0.951. The molecule has 2 aliphatic heterocycles. The van der Waals surface area contributed by atoms with Gasteiger partial charge in [-0.2, -0.15) is 0 Å². The Balaban J connectivity index is 1.87. The second-order valence-electron chi connectivity index (χ2n) is 4.63. The standard InChI is InChI=1S/C11H20N2O/c1-12-8-5-10(9-12)11(14)13-6-3-2-4-7-13/h10H,2-9H2,1H3. The highest BCUT2D eigenvalue weighted by Crippen LogP contribution is 2.19. The van der Waals surface area contributed by atoms with Gasteiger partial charge in [0.2, 0.25) is 5.91 Å². The minimum Gasteiger partial charge on any atom is -0.342 e. The number of likely N-dealkylation sites (tertiary alicyclic amines) is 2. The maximum Gasteiger partial charge on any atom is 0.227 e. The second kappa shape index (κ2) is 4.30. The molecule has 1 amide bonds. The third-order valence-corrected chi connectivity index (χ3v) is 3.41. The Morgan fingerprint density at radius 3 is 2.43 bits per heavy atom. The Bertz CT molecular complexity index is 205. The third-order valence-electron chi connectivity index (χ3n) is 3.41. The Labute approximate surface area is 86.1 Å². The fraction of sp³-hybridized carbons (Fsp3) is 0.909. The van der Waals surface area contributed by atoms with Crippen molar-refractivity contribution in [1.29, 1.82) is 0 Å². The van der Waals surface area contributed by atoms with Crippen molar-refractivity contribution in [2.24, 2.45) is 5.92 Å². The molecular weight excluding hydrogens is 176 g/mol. The number of carbonyl (C=O) groups is 1. The molecule has 80 valence electrons. The lowest BCUT2D eigenvalue weighted by molar-refractivity contribution is -0.136. The zero-order valence-corrected chi connectivity index (χ0v) is 9.04. The number of carbonyl (C=O) groups excluding carboxylic acids is 1. The smallest absolute Gasteiger partial charge is 0.227 e. The van der Waals surface area contributed by atoms with E-state index < -0.39 is 0 Å². The van der Waals surface area contributed by atoms with E-state index in [0.29, 0.717) is 5.91 Å². The van der Waals surface area contributed by atoms with Crippen LogP contribution in [-0.2, 0) is 4.79 Å². The lowest BCUT2D eigenvalue weighted by atomic mass is 10.0. The van der Waals surface area contributed by atoms with Crippen LogP contribution < -0.4 is 0 Å². The molecule has 0 aromatic rings. The zero-order chi connectivity index (χ0) is 9.97. The van der Waals surface area contributed by atoms with Gasteiger partial charge in [0.15, 0.2) is 0 Å². The van der Waals surface area contributed by atoms with Crippen LogP contribution in [0.5, 0.6) is 0 Å². The van der Waals surface area contributed by atoms with Crippen molar-refractivity contribution in [3.8, 4) is 0 Å². The molecule has 0 aromatic carbocycles. The molecule has 0 bridgehead atoms. The van der Waals surface area contributed by atoms with Gasteiger partial charge in [0, 0.05) is 19.6 Å². The van der Waals surface area contributed by atoms with Crippen LogP contribution in [0.3, 0.4) is 0 Å². The van der Waals surface area contributed by atoms with E-state index in [9.17, 15) is 4.79 Å². The van der Waals surface area contributed by atoms with E-state index in [-0.39, 0.29) is 5.92 Å². The highest BCUT2D eigenvalue weighted by atomic mass is 16.2. The summed E-state index contributed by atoms with van der Waals surface area (Å²) in [6.45, 7) is 4.05. The third kappa shape index (κ3) is 2.08. The molecule has 0 saturated carbocycles. The van der Waals surface area contributed by atoms with Crippen LogP contribution in [-0.4, -0.2) is 48.9 Å². The summed E-state index contributed by atoms with van der Waals surface area (Å²) in [5, 5.41) is 0. The van der Waals surface area contributed by atoms with Gasteiger partial charge in [0.25, 0.3) is 0 Å². The molecule has 3 nitrogen and oxygen atoms in total. The Kier molecular flexibility index (Phi) is 3.06. The average molecular weight is 196 g/mol. The molecule has 1 unspecified atom stereocenters. The molecule has 2 fully saturated rings. The first-order valence-corrected chi connectivity index (χ1v) is 5.75. The van der Waals surface area contributed by atoms with Gasteiger partial charge < -0.3 is 9.80 Å². The van der Waals surface area contributed by atoms with Crippen molar-refractivity contribution >= 4 is 5.91 Å². The highest BCUT2D eigenvalue weighted by Gasteiger charge is 2.30. The van der Waals surface area contributed by atoms with Gasteiger partial charge in [0.05, 0.1) is 5.92 Å². The van der Waals surface area contributed by atoms with Crippen LogP contribution in [0.25, 0.3) is 0 Å². The summed E-state index contributed by atoms with van der Waals surface area (Å²) in [6.07, 6.45) is 4.77. The van der Waals surface area contributed by atoms with E-state index in [4.69, 9.17) is 0 Å². The van der Waals surface area contributed by atoms with Gasteiger partial charge in [-0.1, -0.05) is 0 Å². The van der Waals surface area contributed by atoms with E-state index >= 15 is 0 Å². The normalized spacial score (nSPS) is 29.5. The van der Waals surface area contributed by atoms with Crippen LogP contribution in [0.1, 0.15) is 25.7 Å². The summed E-state index contributed by atoms with van der Waals surface area (Å²) in [4.78, 5) is 16.4. The molecule has 2 saturated heterocycles. The molecule has 2 aliphatic rings. The number of piperidine rings is 1. The van der Waals surface area contributed by atoms with Crippen molar-refractivity contribution < 1.29 is 4.79 Å². The van der Waals surface area contributed by atoms with Gasteiger partial charge in [-0.25, -0.2) is 0 Å². The second-order valence-corrected chi connectivity index (χ2v) is 4.63. The van der Waals surface area contributed by atoms with Crippen LogP contribution >= 0.6 is 0 Å². The molecule has 2 rings (SSSR count). The quantitative estimate of drug-likeness (QED) is 0.623. The number of nitrogens with zero attached hydrogens (tertiary/aromatic N) is 2. The fourth-order valence-corrected chi connectivity index (χ4v) is 2.51. The minimum absolute atomic E-state index is 0.290. The monoisotopic (exact) mass is 196 g/mol. The van der Waals surface area contributed by atoms with E-state index in [2.05, 4.69) is 16.8 Å². The number of amides is 1. The van der Waals surface area contributed by atoms with E-state index in [1.54, 1.807) is 0 Å². The summed E-state index contributed by atoms with van der Waals surface area (Å²) in [5.74, 6) is 0.701. The van der Waals surface area contributed by atoms with E-state index in [1.807, 2.05) is 0 Å². The number of hydrogen-bond acceptors (Lipinski definition) is 2. The maximum atomic E-state index is 12.0. The van der Waals surface area contributed by atoms with Crippen LogP contribution in [0, 0.1) is 5.92 Å². The first-order chi connectivity index (χ1) is 6.77. The van der Waals surface area contributed by atoms with Crippen molar-refractivity contribution in [2.75, 3.05) is 33.2 Å². The topological polar surface area (TPSA) is 23.6 Å². The fourth-order valence-electron chi connectivity index (χ4n) is 2.51. The molecule has 2 heterocycles. The SMILES string of the molecule is CN1CCC(C(=O)N2CCCCC2)C1. The van der Waals surface area contributed by atoms with Gasteiger partial charge in [0.1, 0.15) is 0 Å². The summed E-state index contributed by atoms with van der Waals surface area (Å²) < 4.78 is 0. The van der Waals surface area contributed by atoms with E-state index in [1.165, 1.54) is 19.3 Å². The molecule has 1 atom stereocenters. The lowest BCUT2D eigenvalue weighted by Gasteiger charge is -2.29. The summed E-state index contributed by atoms with van der Waals surface area (Å²) >= 11 is 0. The Morgan fingerprint density at radius 2 is 1.86 bits per heavy atom. The van der Waals surface area contributed by atoms with Crippen molar-refractivity contribution in [3.05, 3.63) is 0 Å². The molecule has 0 aliphatic carbocycles. The molecule has 14 heavy (non-hydrogen) atoms. The van der Waals surface area contributed by atoms with Crippen molar-refractivity contribution in [1.82, 2.24) is 9.80 Å². The summed E-state index contributed by atoms with van der Waals surface area (Å²) in [7, 11) is 2.10. The largest absolute Gasteiger partial charge is 0.342 e. The van der Waals surface area contributed by atoms with Gasteiger partial charge >= 0.3 is 0 Å². The minimum atomic E-state index is 0.290. The van der Waals surface area contributed by atoms with Crippen molar-refractivity contribution in [3.63, 3.8) is 0 Å². The molecule has 0 N–H and O–H groups in total. The molecular formula is C11H20N2O. The van der Waals surface area contributed by atoms with Crippen LogP contribution in [0.4, 0.5) is 0 Å². The van der Waals surface area contributed by atoms with Crippen LogP contribution in [0.2, 0.25) is 0 Å². The predicted molar refractivity (Wildman–Crippen MR) is 56.0 cm³/mol. The van der Waals surface area contributed by atoms with Crippen LogP contribution in [0.15, 0.2) is 0 Å². The number of rotatable bonds is 1. The van der Waals surface area contributed by atoms with Gasteiger partial charge in [-0.15, -0.1) is 0 Å². The zero-order valence-electron chi connectivity index (χ0n) is 9.04. The summed E-state index contributed by atoms with van der Waals surface area (Å²) in [5.41, 5.74) is 0. The first-order valence-electron chi connectivity index (χ1n) is 5.75. The lowest BCUT2D eigenvalue weighted by Crippen LogP contribution is -2.40. The molecule has 0 radical (unpaired) electrons. The Hall–Kier alpha value is -0.570. The average Bonchev–Trinajstić information content (AvgIpc) is 2.65. The highest BCUT2D eigenvalue weighted by molar-refractivity contribution is 5.79. The van der Waals surface area contributed by atoms with Crippen molar-refractivity contribution in [2.45, 2.75) is 25.7 Å². The maximum absolute atomic E-state index is 12.0. The summed E-state index contributed by atoms with van der Waals surface area (Å²) in [6, 6.07) is 0. The number of hydrogen-bond donors (Lipinski definition) is 0. The molecule has 0 aromatic heterocycles. The Morgan fingerprint density at radius 1 is 1.14 bits per heavy atom. The molecule has 3 heteroatoms. The van der Waals surface area contributed by atoms with Gasteiger partial charge in [-0.05, 0) is 39.3 Å². The first kappa shape index (κ1) is 9.97. The molecule has 0 spiro atoms. The van der Waals surface area contributed by atoms with E-state index in [0.717, 1.165) is 32.6 Å². The van der Waals surface area contributed by atoms with Gasteiger partial charge in [-0.3, -0.25) is 4.79 Å².